The predicted octanol–water partition coefficient (Wildman–Crippen LogP) is 3.22. The third-order valence-electron chi connectivity index (χ3n) is 2.97. The van der Waals surface area contributed by atoms with Crippen LogP contribution in [0.1, 0.15) is 5.56 Å². The van der Waals surface area contributed by atoms with Crippen LogP contribution >= 0.6 is 0 Å². The fraction of sp³-hybridized carbons (Fsp3) is 0.125. The highest BCUT2D eigenvalue weighted by atomic mass is 32.2. The summed E-state index contributed by atoms with van der Waals surface area (Å²) in [6.45, 7) is 4.65. The smallest absolute Gasteiger partial charge is 0.175 e. The van der Waals surface area contributed by atoms with Gasteiger partial charge in [-0.25, -0.2) is 8.42 Å². The lowest BCUT2D eigenvalue weighted by molar-refractivity contribution is 0.602. The van der Waals surface area contributed by atoms with Crippen molar-refractivity contribution >= 4 is 21.1 Å². The molecule has 0 aromatic heterocycles. The van der Waals surface area contributed by atoms with Crippen LogP contribution in [0.2, 0.25) is 0 Å². The number of sulfone groups is 1. The summed E-state index contributed by atoms with van der Waals surface area (Å²) >= 11 is 0. The van der Waals surface area contributed by atoms with Gasteiger partial charge in [0.25, 0.3) is 0 Å². The van der Waals surface area contributed by atoms with Crippen molar-refractivity contribution in [1.29, 1.82) is 0 Å². The van der Waals surface area contributed by atoms with Crippen molar-refractivity contribution in [2.45, 2.75) is 4.90 Å². The summed E-state index contributed by atoms with van der Waals surface area (Å²) in [7, 11) is -3.14. The van der Waals surface area contributed by atoms with Crippen LogP contribution in [-0.2, 0) is 9.84 Å². The maximum Gasteiger partial charge on any atom is 0.175 e. The van der Waals surface area contributed by atoms with E-state index < -0.39 is 9.84 Å². The quantitative estimate of drug-likeness (QED) is 0.918. The van der Waals surface area contributed by atoms with Crippen LogP contribution in [0.4, 0.5) is 5.69 Å². The van der Waals surface area contributed by atoms with Crippen LogP contribution in [0.5, 0.6) is 0 Å². The zero-order valence-electron chi connectivity index (χ0n) is 11.3. The molecule has 0 radical (unpaired) electrons. The lowest BCUT2D eigenvalue weighted by Gasteiger charge is -2.09. The van der Waals surface area contributed by atoms with Crippen LogP contribution in [-0.4, -0.2) is 21.2 Å². The van der Waals surface area contributed by atoms with Gasteiger partial charge in [-0.3, -0.25) is 0 Å². The Labute approximate surface area is 119 Å². The first-order chi connectivity index (χ1) is 9.47. The molecule has 1 N–H and O–H groups in total. The van der Waals surface area contributed by atoms with E-state index in [2.05, 4.69) is 11.9 Å². The molecule has 2 aromatic carbocycles. The summed E-state index contributed by atoms with van der Waals surface area (Å²) in [6.07, 6.45) is 1.20. The van der Waals surface area contributed by atoms with E-state index in [1.54, 1.807) is 24.3 Å². The summed E-state index contributed by atoms with van der Waals surface area (Å²) in [5.74, 6) is 0. The van der Waals surface area contributed by atoms with Gasteiger partial charge >= 0.3 is 0 Å². The van der Waals surface area contributed by atoms with Gasteiger partial charge in [0.05, 0.1) is 4.90 Å². The molecule has 0 saturated heterocycles. The molecule has 4 heteroatoms. The highest BCUT2D eigenvalue weighted by Crippen LogP contribution is 2.16. The summed E-state index contributed by atoms with van der Waals surface area (Å²) in [5, 5.41) is 3.23. The fourth-order valence-corrected chi connectivity index (χ4v) is 2.44. The van der Waals surface area contributed by atoms with Gasteiger partial charge in [0.1, 0.15) is 0 Å². The standard InChI is InChI=1S/C16H17NO2S/c1-13(14-6-4-3-5-7-14)12-17-15-8-10-16(11-9-15)20(2,18)19/h3-11,17H,1,12H2,2H3. The molecule has 0 atom stereocenters. The molecular weight excluding hydrogens is 270 g/mol. The van der Waals surface area contributed by atoms with Gasteiger partial charge in [-0.15, -0.1) is 0 Å². The van der Waals surface area contributed by atoms with E-state index in [-0.39, 0.29) is 0 Å². The first-order valence-corrected chi connectivity index (χ1v) is 8.13. The summed E-state index contributed by atoms with van der Waals surface area (Å²) < 4.78 is 22.7. The maximum atomic E-state index is 11.4. The molecule has 0 saturated carbocycles. The topological polar surface area (TPSA) is 46.2 Å². The second kappa shape index (κ2) is 5.92. The average molecular weight is 287 g/mol. The molecule has 0 aliphatic carbocycles. The van der Waals surface area contributed by atoms with Crippen LogP contribution in [0.3, 0.4) is 0 Å². The number of hydrogen-bond acceptors (Lipinski definition) is 3. The first-order valence-electron chi connectivity index (χ1n) is 6.24. The lowest BCUT2D eigenvalue weighted by atomic mass is 10.1. The monoisotopic (exact) mass is 287 g/mol. The van der Waals surface area contributed by atoms with Gasteiger partial charge in [-0.1, -0.05) is 36.9 Å². The Morgan fingerprint density at radius 1 is 1.05 bits per heavy atom. The van der Waals surface area contributed by atoms with Crippen molar-refractivity contribution in [2.75, 3.05) is 18.1 Å². The van der Waals surface area contributed by atoms with Gasteiger partial charge in [-0.05, 0) is 35.4 Å². The van der Waals surface area contributed by atoms with Crippen LogP contribution in [0.25, 0.3) is 5.57 Å². The molecule has 20 heavy (non-hydrogen) atoms. The summed E-state index contributed by atoms with van der Waals surface area (Å²) in [5.41, 5.74) is 2.94. The van der Waals surface area contributed by atoms with E-state index in [9.17, 15) is 8.42 Å². The van der Waals surface area contributed by atoms with E-state index >= 15 is 0 Å². The number of hydrogen-bond donors (Lipinski definition) is 1. The molecule has 0 heterocycles. The van der Waals surface area contributed by atoms with Crippen LogP contribution < -0.4 is 5.32 Å². The van der Waals surface area contributed by atoms with Gasteiger partial charge in [0.2, 0.25) is 0 Å². The molecule has 0 fully saturated rings. The molecule has 0 amide bonds. The molecule has 0 bridgehead atoms. The molecule has 2 rings (SSSR count). The number of rotatable bonds is 5. The van der Waals surface area contributed by atoms with Crippen molar-refractivity contribution in [3.63, 3.8) is 0 Å². The lowest BCUT2D eigenvalue weighted by Crippen LogP contribution is -2.04. The largest absolute Gasteiger partial charge is 0.381 e. The molecule has 2 aromatic rings. The molecule has 0 aliphatic rings. The third kappa shape index (κ3) is 3.71. The minimum absolute atomic E-state index is 0.324. The Morgan fingerprint density at radius 2 is 1.65 bits per heavy atom. The molecule has 0 aliphatic heterocycles. The molecule has 104 valence electrons. The molecule has 3 nitrogen and oxygen atoms in total. The van der Waals surface area contributed by atoms with E-state index in [1.807, 2.05) is 30.3 Å². The van der Waals surface area contributed by atoms with E-state index in [4.69, 9.17) is 0 Å². The summed E-state index contributed by atoms with van der Waals surface area (Å²) in [4.78, 5) is 0.324. The van der Waals surface area contributed by atoms with Gasteiger partial charge < -0.3 is 5.32 Å². The average Bonchev–Trinajstić information content (AvgIpc) is 2.45. The Bertz CT molecular complexity index is 689. The summed E-state index contributed by atoms with van der Waals surface area (Å²) in [6, 6.07) is 16.7. The van der Waals surface area contributed by atoms with E-state index in [1.165, 1.54) is 6.26 Å². The Morgan fingerprint density at radius 3 is 2.20 bits per heavy atom. The number of benzene rings is 2. The minimum atomic E-state index is -3.14. The van der Waals surface area contributed by atoms with Crippen LogP contribution in [0, 0.1) is 0 Å². The van der Waals surface area contributed by atoms with Gasteiger partial charge in [0, 0.05) is 18.5 Å². The Balaban J connectivity index is 2.00. The second-order valence-corrected chi connectivity index (χ2v) is 6.64. The van der Waals surface area contributed by atoms with Crippen molar-refractivity contribution in [3.8, 4) is 0 Å². The second-order valence-electron chi connectivity index (χ2n) is 4.62. The zero-order valence-corrected chi connectivity index (χ0v) is 12.2. The van der Waals surface area contributed by atoms with Crippen LogP contribution in [0.15, 0.2) is 66.1 Å². The van der Waals surface area contributed by atoms with Crippen molar-refractivity contribution in [2.24, 2.45) is 0 Å². The SMILES string of the molecule is C=C(CNc1ccc(S(C)(=O)=O)cc1)c1ccccc1. The molecule has 0 spiro atoms. The highest BCUT2D eigenvalue weighted by molar-refractivity contribution is 7.90. The zero-order chi connectivity index (χ0) is 14.6. The normalized spacial score (nSPS) is 11.1. The van der Waals surface area contributed by atoms with Crippen molar-refractivity contribution in [3.05, 3.63) is 66.7 Å². The predicted molar refractivity (Wildman–Crippen MR) is 83.5 cm³/mol. The number of nitrogens with one attached hydrogen (secondary N) is 1. The Hall–Kier alpha value is -2.07. The highest BCUT2D eigenvalue weighted by Gasteiger charge is 2.06. The van der Waals surface area contributed by atoms with Crippen molar-refractivity contribution < 1.29 is 8.42 Å². The molecule has 0 unspecified atom stereocenters. The van der Waals surface area contributed by atoms with Crippen molar-refractivity contribution in [1.82, 2.24) is 0 Å². The van der Waals surface area contributed by atoms with Gasteiger partial charge in [-0.2, -0.15) is 0 Å². The Kier molecular flexibility index (Phi) is 4.25. The third-order valence-corrected chi connectivity index (χ3v) is 4.10. The van der Waals surface area contributed by atoms with Gasteiger partial charge in [0.15, 0.2) is 9.84 Å². The minimum Gasteiger partial charge on any atom is -0.381 e. The van der Waals surface area contributed by atoms with E-state index in [0.717, 1.165) is 16.8 Å². The fourth-order valence-electron chi connectivity index (χ4n) is 1.80. The maximum absolute atomic E-state index is 11.4. The number of anilines is 1. The first kappa shape index (κ1) is 14.3. The van der Waals surface area contributed by atoms with E-state index in [0.29, 0.717) is 11.4 Å². The molecular formula is C16H17NO2S.